The number of hydrogen-bond acceptors (Lipinski definition) is 6. The summed E-state index contributed by atoms with van der Waals surface area (Å²) in [6.07, 6.45) is 3.27. The van der Waals surface area contributed by atoms with E-state index >= 15 is 0 Å². The number of aliphatic carboxylic acids is 1. The highest BCUT2D eigenvalue weighted by Crippen LogP contribution is 2.34. The van der Waals surface area contributed by atoms with Gasteiger partial charge in [0.2, 0.25) is 0 Å². The van der Waals surface area contributed by atoms with E-state index in [1.807, 2.05) is 0 Å². The van der Waals surface area contributed by atoms with Gasteiger partial charge in [-0.25, -0.2) is 0 Å². The molecule has 5 nitrogen and oxygen atoms in total. The highest BCUT2D eigenvalue weighted by molar-refractivity contribution is 8.26. The van der Waals surface area contributed by atoms with Crippen molar-refractivity contribution in [3.8, 4) is 0 Å². The Bertz CT molecular complexity index is 550. The van der Waals surface area contributed by atoms with Crippen LogP contribution in [0.25, 0.3) is 6.08 Å². The summed E-state index contributed by atoms with van der Waals surface area (Å²) in [4.78, 5) is 24.6. The standard InChI is InChI=1S/C12H11NO4S2/c1-2-8(11(15)16)13-10(14)9(19-12(13)18)6-7-4-3-5-17-7/h3-6,8H,2H2,1H3,(H,15,16)/p-1/t8-/m1/s1. The maximum atomic E-state index is 12.2. The Labute approximate surface area is 119 Å². The molecule has 2 rings (SSSR count). The van der Waals surface area contributed by atoms with Gasteiger partial charge in [-0.1, -0.05) is 30.9 Å². The molecule has 0 unspecified atom stereocenters. The lowest BCUT2D eigenvalue weighted by atomic mass is 10.2. The summed E-state index contributed by atoms with van der Waals surface area (Å²) in [5, 5.41) is 11.0. The van der Waals surface area contributed by atoms with E-state index in [9.17, 15) is 14.7 Å². The Morgan fingerprint density at radius 3 is 2.95 bits per heavy atom. The molecule has 0 spiro atoms. The fourth-order valence-electron chi connectivity index (χ4n) is 1.71. The van der Waals surface area contributed by atoms with Crippen molar-refractivity contribution in [1.29, 1.82) is 0 Å². The fraction of sp³-hybridized carbons (Fsp3) is 0.250. The largest absolute Gasteiger partial charge is 0.548 e. The molecule has 19 heavy (non-hydrogen) atoms. The lowest BCUT2D eigenvalue weighted by Crippen LogP contribution is -2.49. The van der Waals surface area contributed by atoms with E-state index in [-0.39, 0.29) is 10.7 Å². The number of carbonyl (C=O) groups is 2. The van der Waals surface area contributed by atoms with E-state index in [2.05, 4.69) is 0 Å². The van der Waals surface area contributed by atoms with Gasteiger partial charge >= 0.3 is 0 Å². The summed E-state index contributed by atoms with van der Waals surface area (Å²) in [5.41, 5.74) is 0. The van der Waals surface area contributed by atoms with Crippen LogP contribution in [0.4, 0.5) is 0 Å². The van der Waals surface area contributed by atoms with Gasteiger partial charge in [0.1, 0.15) is 10.1 Å². The lowest BCUT2D eigenvalue weighted by Gasteiger charge is -2.26. The van der Waals surface area contributed by atoms with Crippen molar-refractivity contribution in [2.75, 3.05) is 0 Å². The van der Waals surface area contributed by atoms with E-state index in [0.29, 0.717) is 10.7 Å². The van der Waals surface area contributed by atoms with Gasteiger partial charge in [0.25, 0.3) is 5.91 Å². The Morgan fingerprint density at radius 2 is 2.42 bits per heavy atom. The van der Waals surface area contributed by atoms with Crippen LogP contribution in [0.2, 0.25) is 0 Å². The maximum absolute atomic E-state index is 12.2. The minimum atomic E-state index is -1.31. The van der Waals surface area contributed by atoms with Gasteiger partial charge in [-0.2, -0.15) is 0 Å². The second-order valence-corrected chi connectivity index (χ2v) is 5.49. The van der Waals surface area contributed by atoms with E-state index in [1.54, 1.807) is 25.1 Å². The first-order chi connectivity index (χ1) is 9.04. The van der Waals surface area contributed by atoms with Crippen LogP contribution in [-0.4, -0.2) is 27.1 Å². The first-order valence-corrected chi connectivity index (χ1v) is 6.78. The van der Waals surface area contributed by atoms with Gasteiger partial charge in [-0.05, 0) is 18.6 Å². The normalized spacial score (nSPS) is 19.2. The van der Waals surface area contributed by atoms with Crippen LogP contribution in [0.15, 0.2) is 27.7 Å². The van der Waals surface area contributed by atoms with Crippen LogP contribution >= 0.6 is 24.0 Å². The predicted octanol–water partition coefficient (Wildman–Crippen LogP) is 1.01. The molecule has 0 saturated carbocycles. The maximum Gasteiger partial charge on any atom is 0.266 e. The number of thioether (sulfide) groups is 1. The van der Waals surface area contributed by atoms with Gasteiger partial charge in [0.15, 0.2) is 0 Å². The highest BCUT2D eigenvalue weighted by Gasteiger charge is 2.37. The second-order valence-electron chi connectivity index (χ2n) is 3.81. The quantitative estimate of drug-likeness (QED) is 0.610. The first-order valence-electron chi connectivity index (χ1n) is 5.56. The monoisotopic (exact) mass is 296 g/mol. The van der Waals surface area contributed by atoms with Crippen molar-refractivity contribution in [2.24, 2.45) is 0 Å². The highest BCUT2D eigenvalue weighted by atomic mass is 32.2. The number of carbonyl (C=O) groups excluding carboxylic acids is 2. The van der Waals surface area contributed by atoms with Crippen molar-refractivity contribution in [3.05, 3.63) is 29.1 Å². The number of carboxylic acid groups (broad SMARTS) is 1. The summed E-state index contributed by atoms with van der Waals surface area (Å²) in [6.45, 7) is 1.66. The van der Waals surface area contributed by atoms with Crippen LogP contribution in [0.3, 0.4) is 0 Å². The fourth-order valence-corrected chi connectivity index (χ4v) is 3.04. The predicted molar refractivity (Wildman–Crippen MR) is 72.8 cm³/mol. The first kappa shape index (κ1) is 13.8. The van der Waals surface area contributed by atoms with Gasteiger partial charge in [-0.3, -0.25) is 9.69 Å². The van der Waals surface area contributed by atoms with Crippen LogP contribution < -0.4 is 5.11 Å². The Hall–Kier alpha value is -1.60. The molecule has 1 saturated heterocycles. The zero-order valence-electron chi connectivity index (χ0n) is 9.99. The smallest absolute Gasteiger partial charge is 0.266 e. The summed E-state index contributed by atoms with van der Waals surface area (Å²) in [6, 6.07) is 2.36. The third kappa shape index (κ3) is 2.71. The van der Waals surface area contributed by atoms with Crippen LogP contribution in [0, 0.1) is 0 Å². The Kier molecular flexibility index (Phi) is 4.06. The third-order valence-electron chi connectivity index (χ3n) is 2.61. The van der Waals surface area contributed by atoms with Crippen LogP contribution in [0.1, 0.15) is 19.1 Å². The molecule has 0 aromatic carbocycles. The van der Waals surface area contributed by atoms with Crippen molar-refractivity contribution in [1.82, 2.24) is 4.90 Å². The van der Waals surface area contributed by atoms with E-state index < -0.39 is 17.9 Å². The van der Waals surface area contributed by atoms with Gasteiger partial charge in [-0.15, -0.1) is 0 Å². The number of thiocarbonyl (C=S) groups is 1. The molecule has 0 N–H and O–H groups in total. The van der Waals surface area contributed by atoms with Gasteiger partial charge in [0.05, 0.1) is 23.2 Å². The average molecular weight is 296 g/mol. The van der Waals surface area contributed by atoms with Crippen LogP contribution in [-0.2, 0) is 9.59 Å². The van der Waals surface area contributed by atoms with Gasteiger partial charge in [0, 0.05) is 6.08 Å². The molecule has 0 bridgehead atoms. The van der Waals surface area contributed by atoms with E-state index in [1.165, 1.54) is 6.26 Å². The van der Waals surface area contributed by atoms with Gasteiger partial charge < -0.3 is 14.3 Å². The van der Waals surface area contributed by atoms with Crippen molar-refractivity contribution >= 4 is 46.3 Å². The molecular formula is C12H10NO4S2-. The zero-order valence-corrected chi connectivity index (χ0v) is 11.6. The lowest BCUT2D eigenvalue weighted by molar-refractivity contribution is -0.310. The molecular weight excluding hydrogens is 286 g/mol. The number of hydrogen-bond donors (Lipinski definition) is 0. The SMILES string of the molecule is CC[C@H](C(=O)[O-])N1C(=O)C(=Cc2ccco2)SC1=S. The summed E-state index contributed by atoms with van der Waals surface area (Å²) < 4.78 is 5.34. The topological polar surface area (TPSA) is 73.6 Å². The molecule has 0 radical (unpaired) electrons. The zero-order chi connectivity index (χ0) is 14.0. The van der Waals surface area contributed by atoms with E-state index in [4.69, 9.17) is 16.6 Å². The molecule has 1 atom stereocenters. The number of amides is 1. The molecule has 1 aromatic rings. The minimum absolute atomic E-state index is 0.221. The van der Waals surface area contributed by atoms with E-state index in [0.717, 1.165) is 16.7 Å². The molecule has 0 aliphatic carbocycles. The Morgan fingerprint density at radius 1 is 1.68 bits per heavy atom. The summed E-state index contributed by atoms with van der Waals surface area (Å²) in [5.74, 6) is -1.22. The number of furan rings is 1. The van der Waals surface area contributed by atoms with Crippen LogP contribution in [0.5, 0.6) is 0 Å². The van der Waals surface area contributed by atoms with Crippen molar-refractivity contribution in [3.63, 3.8) is 0 Å². The number of carboxylic acids is 1. The molecule has 1 fully saturated rings. The van der Waals surface area contributed by atoms with Crippen molar-refractivity contribution < 1.29 is 19.1 Å². The molecule has 100 valence electrons. The number of nitrogens with zero attached hydrogens (tertiary/aromatic N) is 1. The number of rotatable bonds is 4. The third-order valence-corrected chi connectivity index (χ3v) is 3.94. The summed E-state index contributed by atoms with van der Waals surface area (Å²) >= 11 is 6.12. The molecule has 1 aliphatic rings. The second kappa shape index (κ2) is 5.58. The molecule has 1 amide bonds. The molecule has 1 aliphatic heterocycles. The molecule has 2 heterocycles. The molecule has 1 aromatic heterocycles. The van der Waals surface area contributed by atoms with Crippen molar-refractivity contribution in [2.45, 2.75) is 19.4 Å². The average Bonchev–Trinajstić information content (AvgIpc) is 2.94. The summed E-state index contributed by atoms with van der Waals surface area (Å²) in [7, 11) is 0. The minimum Gasteiger partial charge on any atom is -0.548 e. The Balaban J connectivity index is 2.28. The molecule has 7 heteroatoms.